The molecule has 3 fully saturated rings. The lowest BCUT2D eigenvalue weighted by Gasteiger charge is -2.45. The molecule has 1 amide bonds. The van der Waals surface area contributed by atoms with Gasteiger partial charge in [-0.1, -0.05) is 30.3 Å². The number of amides is 1. The Morgan fingerprint density at radius 1 is 1.17 bits per heavy atom. The molecule has 4 aliphatic heterocycles. The summed E-state index contributed by atoms with van der Waals surface area (Å²) in [5.41, 5.74) is 4.13. The van der Waals surface area contributed by atoms with E-state index >= 15 is 0 Å². The molecule has 1 aromatic carbocycles. The minimum atomic E-state index is -0.832. The molecule has 4 heterocycles. The van der Waals surface area contributed by atoms with E-state index in [0.29, 0.717) is 25.0 Å². The first-order valence-electron chi connectivity index (χ1n) is 10.9. The van der Waals surface area contributed by atoms with Gasteiger partial charge in [-0.25, -0.2) is 4.79 Å². The lowest BCUT2D eigenvalue weighted by atomic mass is 9.82. The Balaban J connectivity index is 1.20. The number of piperidine rings is 1. The first kappa shape index (κ1) is 19.1. The topological polar surface area (TPSA) is 62.2 Å². The molecule has 5 rings (SSSR count). The van der Waals surface area contributed by atoms with Gasteiger partial charge in [-0.3, -0.25) is 4.90 Å². The molecule has 1 N–H and O–H groups in total. The normalized spacial score (nSPS) is 27.7. The summed E-state index contributed by atoms with van der Waals surface area (Å²) in [4.78, 5) is 15.1. The van der Waals surface area contributed by atoms with Crippen LogP contribution in [0, 0.1) is 0 Å². The molecule has 1 atom stereocenters. The Morgan fingerprint density at radius 2 is 1.97 bits per heavy atom. The summed E-state index contributed by atoms with van der Waals surface area (Å²) in [6, 6.07) is 9.34. The highest BCUT2D eigenvalue weighted by atomic mass is 16.5. The molecule has 1 unspecified atom stereocenters. The SMILES string of the molecule is O=C(O)N1CC2(CC(N3CCC(c4ccccc4C4=CCOCC4)CC3)CO2)C1. The molecule has 0 aliphatic carbocycles. The molecule has 0 radical (unpaired) electrons. The summed E-state index contributed by atoms with van der Waals surface area (Å²) in [6.45, 7) is 5.53. The molecule has 0 aromatic heterocycles. The summed E-state index contributed by atoms with van der Waals surface area (Å²) in [5, 5.41) is 9.09. The Hall–Kier alpha value is -1.89. The van der Waals surface area contributed by atoms with E-state index in [4.69, 9.17) is 14.6 Å². The Kier molecular flexibility index (Phi) is 5.10. The van der Waals surface area contributed by atoms with Gasteiger partial charge in [0.2, 0.25) is 0 Å². The van der Waals surface area contributed by atoms with Crippen LogP contribution in [0.3, 0.4) is 0 Å². The summed E-state index contributed by atoms with van der Waals surface area (Å²) in [6.07, 6.45) is 5.72. The van der Waals surface area contributed by atoms with Crippen molar-refractivity contribution in [2.45, 2.75) is 43.2 Å². The standard InChI is InChI=1S/C23H30N2O4/c26-22(27)25-15-23(16-25)13-19(14-29-23)24-9-5-17(6-10-24)20-3-1-2-4-21(20)18-7-11-28-12-8-18/h1-4,7,17,19H,5-6,8-16H2,(H,26,27). The highest BCUT2D eigenvalue weighted by molar-refractivity contribution is 5.69. The predicted molar refractivity (Wildman–Crippen MR) is 110 cm³/mol. The van der Waals surface area contributed by atoms with Crippen molar-refractivity contribution in [2.75, 3.05) is 46.0 Å². The van der Waals surface area contributed by atoms with Crippen molar-refractivity contribution in [3.05, 3.63) is 41.5 Å². The molecule has 1 aromatic rings. The highest BCUT2D eigenvalue weighted by Gasteiger charge is 2.52. The highest BCUT2D eigenvalue weighted by Crippen LogP contribution is 2.40. The van der Waals surface area contributed by atoms with E-state index in [2.05, 4.69) is 35.2 Å². The molecule has 29 heavy (non-hydrogen) atoms. The van der Waals surface area contributed by atoms with Crippen LogP contribution in [0.15, 0.2) is 30.3 Å². The van der Waals surface area contributed by atoms with Gasteiger partial charge in [-0.2, -0.15) is 0 Å². The summed E-state index contributed by atoms with van der Waals surface area (Å²) >= 11 is 0. The van der Waals surface area contributed by atoms with Gasteiger partial charge >= 0.3 is 6.09 Å². The Bertz CT molecular complexity index is 794. The van der Waals surface area contributed by atoms with E-state index in [1.807, 2.05) is 0 Å². The zero-order chi connectivity index (χ0) is 19.8. The second-order valence-corrected chi connectivity index (χ2v) is 8.94. The van der Waals surface area contributed by atoms with Crippen LogP contribution >= 0.6 is 0 Å². The number of nitrogens with zero attached hydrogens (tertiary/aromatic N) is 2. The third kappa shape index (κ3) is 3.69. The molecule has 6 heteroatoms. The lowest BCUT2D eigenvalue weighted by Crippen LogP contribution is -2.63. The molecule has 156 valence electrons. The van der Waals surface area contributed by atoms with E-state index in [1.54, 1.807) is 0 Å². The van der Waals surface area contributed by atoms with Gasteiger partial charge in [0.15, 0.2) is 0 Å². The van der Waals surface area contributed by atoms with Crippen molar-refractivity contribution < 1.29 is 19.4 Å². The maximum absolute atomic E-state index is 11.1. The molecular formula is C23H30N2O4. The van der Waals surface area contributed by atoms with Crippen LogP contribution in [0.1, 0.15) is 42.7 Å². The summed E-state index contributed by atoms with van der Waals surface area (Å²) < 4.78 is 11.6. The summed E-state index contributed by atoms with van der Waals surface area (Å²) in [5.74, 6) is 0.605. The van der Waals surface area contributed by atoms with Crippen molar-refractivity contribution in [3.8, 4) is 0 Å². The molecule has 6 nitrogen and oxygen atoms in total. The number of carbonyl (C=O) groups is 1. The fourth-order valence-corrected chi connectivity index (χ4v) is 5.55. The van der Waals surface area contributed by atoms with Crippen LogP contribution in [-0.2, 0) is 9.47 Å². The van der Waals surface area contributed by atoms with Crippen LogP contribution in [-0.4, -0.2) is 78.6 Å². The largest absolute Gasteiger partial charge is 0.465 e. The number of hydrogen-bond donors (Lipinski definition) is 1. The van der Waals surface area contributed by atoms with Crippen molar-refractivity contribution in [1.29, 1.82) is 0 Å². The number of likely N-dealkylation sites (tertiary alicyclic amines) is 2. The van der Waals surface area contributed by atoms with E-state index in [-0.39, 0.29) is 5.60 Å². The van der Waals surface area contributed by atoms with Gasteiger partial charge in [0.25, 0.3) is 0 Å². The molecule has 3 saturated heterocycles. The van der Waals surface area contributed by atoms with Gasteiger partial charge in [-0.05, 0) is 61.4 Å². The molecule has 0 saturated carbocycles. The second kappa shape index (κ2) is 7.74. The van der Waals surface area contributed by atoms with Crippen molar-refractivity contribution in [1.82, 2.24) is 9.80 Å². The first-order valence-corrected chi connectivity index (χ1v) is 10.9. The minimum absolute atomic E-state index is 0.220. The average Bonchev–Trinajstić information content (AvgIpc) is 3.19. The zero-order valence-electron chi connectivity index (χ0n) is 16.9. The van der Waals surface area contributed by atoms with Crippen LogP contribution in [0.25, 0.3) is 5.57 Å². The molecule has 1 spiro atoms. The number of carboxylic acid groups (broad SMARTS) is 1. The Morgan fingerprint density at radius 3 is 2.69 bits per heavy atom. The van der Waals surface area contributed by atoms with Crippen LogP contribution in [0.2, 0.25) is 0 Å². The predicted octanol–water partition coefficient (Wildman–Crippen LogP) is 3.19. The number of rotatable bonds is 3. The maximum Gasteiger partial charge on any atom is 0.407 e. The third-order valence-corrected chi connectivity index (χ3v) is 7.17. The number of hydrogen-bond acceptors (Lipinski definition) is 4. The minimum Gasteiger partial charge on any atom is -0.465 e. The fraction of sp³-hybridized carbons (Fsp3) is 0.609. The van der Waals surface area contributed by atoms with Gasteiger partial charge in [0.05, 0.1) is 32.9 Å². The molecule has 4 aliphatic rings. The van der Waals surface area contributed by atoms with Crippen LogP contribution in [0.4, 0.5) is 4.79 Å². The first-order chi connectivity index (χ1) is 14.1. The lowest BCUT2D eigenvalue weighted by molar-refractivity contribution is -0.0982. The van der Waals surface area contributed by atoms with Gasteiger partial charge in [0.1, 0.15) is 5.60 Å². The van der Waals surface area contributed by atoms with Gasteiger partial charge < -0.3 is 19.5 Å². The van der Waals surface area contributed by atoms with E-state index in [0.717, 1.165) is 45.8 Å². The zero-order valence-corrected chi connectivity index (χ0v) is 16.9. The molecule has 0 bridgehead atoms. The van der Waals surface area contributed by atoms with Crippen molar-refractivity contribution in [3.63, 3.8) is 0 Å². The van der Waals surface area contributed by atoms with Crippen LogP contribution in [0.5, 0.6) is 0 Å². The Labute approximate surface area is 172 Å². The smallest absolute Gasteiger partial charge is 0.407 e. The van der Waals surface area contributed by atoms with Gasteiger partial charge in [-0.15, -0.1) is 0 Å². The fourth-order valence-electron chi connectivity index (χ4n) is 5.55. The van der Waals surface area contributed by atoms with E-state index in [9.17, 15) is 4.79 Å². The van der Waals surface area contributed by atoms with Crippen LogP contribution < -0.4 is 0 Å². The van der Waals surface area contributed by atoms with E-state index in [1.165, 1.54) is 34.4 Å². The maximum atomic E-state index is 11.1. The average molecular weight is 399 g/mol. The third-order valence-electron chi connectivity index (χ3n) is 7.17. The van der Waals surface area contributed by atoms with Crippen molar-refractivity contribution >= 4 is 11.7 Å². The number of benzene rings is 1. The quantitative estimate of drug-likeness (QED) is 0.847. The summed E-state index contributed by atoms with van der Waals surface area (Å²) in [7, 11) is 0. The molecular weight excluding hydrogens is 368 g/mol. The monoisotopic (exact) mass is 398 g/mol. The van der Waals surface area contributed by atoms with E-state index < -0.39 is 6.09 Å². The number of ether oxygens (including phenoxy) is 2. The van der Waals surface area contributed by atoms with Gasteiger partial charge in [0, 0.05) is 6.04 Å². The second-order valence-electron chi connectivity index (χ2n) is 8.94. The van der Waals surface area contributed by atoms with Crippen molar-refractivity contribution in [2.24, 2.45) is 0 Å².